The van der Waals surface area contributed by atoms with E-state index in [2.05, 4.69) is 32.5 Å². The molecule has 0 spiro atoms. The lowest BCUT2D eigenvalue weighted by atomic mass is 10.1. The van der Waals surface area contributed by atoms with Crippen molar-refractivity contribution in [2.45, 2.75) is 50.5 Å². The number of nitrogens with one attached hydrogen (secondary N) is 1. The molecule has 1 aromatic heterocycles. The SMILES string of the molecule is O=C(NC1CCCN(c2ccc(C3CC3)nn2)C1)C1CC1. The fourth-order valence-electron chi connectivity index (χ4n) is 3.07. The zero-order valence-corrected chi connectivity index (χ0v) is 12.3. The highest BCUT2D eigenvalue weighted by Crippen LogP contribution is 2.38. The zero-order valence-electron chi connectivity index (χ0n) is 12.3. The van der Waals surface area contributed by atoms with Crippen molar-refractivity contribution < 1.29 is 4.79 Å². The first-order valence-corrected chi connectivity index (χ1v) is 8.18. The fourth-order valence-corrected chi connectivity index (χ4v) is 3.07. The number of aromatic nitrogens is 2. The third kappa shape index (κ3) is 3.01. The van der Waals surface area contributed by atoms with Gasteiger partial charge in [0, 0.05) is 31.0 Å². The van der Waals surface area contributed by atoms with Crippen molar-refractivity contribution in [2.75, 3.05) is 18.0 Å². The van der Waals surface area contributed by atoms with Gasteiger partial charge in [0.15, 0.2) is 5.82 Å². The molecule has 21 heavy (non-hydrogen) atoms. The maximum absolute atomic E-state index is 11.9. The number of amides is 1. The van der Waals surface area contributed by atoms with E-state index in [4.69, 9.17) is 0 Å². The molecule has 1 unspecified atom stereocenters. The second kappa shape index (κ2) is 5.28. The highest BCUT2D eigenvalue weighted by Gasteiger charge is 2.32. The van der Waals surface area contributed by atoms with Crippen molar-refractivity contribution in [1.29, 1.82) is 0 Å². The molecule has 0 radical (unpaired) electrons. The number of carbonyl (C=O) groups is 1. The Labute approximate surface area is 125 Å². The van der Waals surface area contributed by atoms with Gasteiger partial charge in [0.1, 0.15) is 0 Å². The van der Waals surface area contributed by atoms with Crippen molar-refractivity contribution in [3.8, 4) is 0 Å². The molecule has 0 aromatic carbocycles. The van der Waals surface area contributed by atoms with Gasteiger partial charge in [-0.25, -0.2) is 0 Å². The van der Waals surface area contributed by atoms with Crippen LogP contribution in [-0.4, -0.2) is 35.2 Å². The van der Waals surface area contributed by atoms with Crippen molar-refractivity contribution >= 4 is 11.7 Å². The van der Waals surface area contributed by atoms with Gasteiger partial charge >= 0.3 is 0 Å². The molecule has 2 heterocycles. The van der Waals surface area contributed by atoms with Crippen LogP contribution in [0, 0.1) is 5.92 Å². The maximum atomic E-state index is 11.9. The number of carbonyl (C=O) groups excluding carboxylic acids is 1. The molecule has 1 aliphatic heterocycles. The van der Waals surface area contributed by atoms with Crippen LogP contribution >= 0.6 is 0 Å². The maximum Gasteiger partial charge on any atom is 0.223 e. The van der Waals surface area contributed by atoms with Crippen LogP contribution in [0.5, 0.6) is 0 Å². The lowest BCUT2D eigenvalue weighted by Crippen LogP contribution is -2.48. The normalized spacial score (nSPS) is 25.7. The number of hydrogen-bond donors (Lipinski definition) is 1. The molecular weight excluding hydrogens is 264 g/mol. The molecule has 4 rings (SSSR count). The lowest BCUT2D eigenvalue weighted by Gasteiger charge is -2.33. The molecule has 1 amide bonds. The number of hydrogen-bond acceptors (Lipinski definition) is 4. The largest absolute Gasteiger partial charge is 0.353 e. The number of piperidine rings is 1. The third-order valence-corrected chi connectivity index (χ3v) is 4.71. The Morgan fingerprint density at radius 3 is 2.67 bits per heavy atom. The van der Waals surface area contributed by atoms with Gasteiger partial charge in [-0.15, -0.1) is 5.10 Å². The second-order valence-electron chi connectivity index (χ2n) is 6.66. The molecule has 0 bridgehead atoms. The first-order valence-electron chi connectivity index (χ1n) is 8.18. The minimum absolute atomic E-state index is 0.247. The number of rotatable bonds is 4. The van der Waals surface area contributed by atoms with Crippen LogP contribution in [0.1, 0.15) is 50.1 Å². The zero-order chi connectivity index (χ0) is 14.2. The monoisotopic (exact) mass is 286 g/mol. The van der Waals surface area contributed by atoms with Gasteiger partial charge in [-0.2, -0.15) is 5.10 Å². The van der Waals surface area contributed by atoms with Crippen molar-refractivity contribution in [3.63, 3.8) is 0 Å². The fraction of sp³-hybridized carbons (Fsp3) is 0.688. The Balaban J connectivity index is 1.38. The van der Waals surface area contributed by atoms with E-state index in [1.165, 1.54) is 12.8 Å². The van der Waals surface area contributed by atoms with E-state index in [9.17, 15) is 4.79 Å². The molecule has 1 atom stereocenters. The molecule has 5 nitrogen and oxygen atoms in total. The first kappa shape index (κ1) is 13.0. The lowest BCUT2D eigenvalue weighted by molar-refractivity contribution is -0.123. The minimum Gasteiger partial charge on any atom is -0.353 e. The first-order chi connectivity index (χ1) is 10.3. The average molecular weight is 286 g/mol. The van der Waals surface area contributed by atoms with Gasteiger partial charge in [-0.1, -0.05) is 0 Å². The summed E-state index contributed by atoms with van der Waals surface area (Å²) in [4.78, 5) is 14.1. The predicted octanol–water partition coefficient (Wildman–Crippen LogP) is 1.85. The summed E-state index contributed by atoms with van der Waals surface area (Å²) in [6.07, 6.45) is 6.82. The van der Waals surface area contributed by atoms with E-state index in [0.717, 1.165) is 50.3 Å². The van der Waals surface area contributed by atoms with E-state index in [0.29, 0.717) is 5.92 Å². The predicted molar refractivity (Wildman–Crippen MR) is 80.1 cm³/mol. The van der Waals surface area contributed by atoms with Gasteiger partial charge in [-0.05, 0) is 50.7 Å². The molecule has 2 saturated carbocycles. The van der Waals surface area contributed by atoms with Gasteiger partial charge in [0.25, 0.3) is 0 Å². The molecule has 3 aliphatic rings. The summed E-state index contributed by atoms with van der Waals surface area (Å²) in [5.41, 5.74) is 1.13. The van der Waals surface area contributed by atoms with E-state index in [-0.39, 0.29) is 17.9 Å². The molecule has 3 fully saturated rings. The molecule has 1 aromatic rings. The van der Waals surface area contributed by atoms with Crippen molar-refractivity contribution in [3.05, 3.63) is 17.8 Å². The minimum atomic E-state index is 0.247. The van der Waals surface area contributed by atoms with E-state index >= 15 is 0 Å². The van der Waals surface area contributed by atoms with E-state index in [1.807, 2.05) is 0 Å². The van der Waals surface area contributed by atoms with Gasteiger partial charge in [0.05, 0.1) is 5.69 Å². The summed E-state index contributed by atoms with van der Waals surface area (Å²) in [6.45, 7) is 1.86. The van der Waals surface area contributed by atoms with Crippen LogP contribution < -0.4 is 10.2 Å². The molecule has 1 N–H and O–H groups in total. The number of anilines is 1. The smallest absolute Gasteiger partial charge is 0.223 e. The van der Waals surface area contributed by atoms with Gasteiger partial charge in [-0.3, -0.25) is 4.79 Å². The highest BCUT2D eigenvalue weighted by molar-refractivity contribution is 5.81. The van der Waals surface area contributed by atoms with Crippen LogP contribution in [0.2, 0.25) is 0 Å². The molecule has 112 valence electrons. The van der Waals surface area contributed by atoms with Crippen LogP contribution in [-0.2, 0) is 4.79 Å². The summed E-state index contributed by atoms with van der Waals surface area (Å²) in [6, 6.07) is 4.47. The van der Waals surface area contributed by atoms with Crippen molar-refractivity contribution in [2.24, 2.45) is 5.92 Å². The summed E-state index contributed by atoms with van der Waals surface area (Å²) in [5, 5.41) is 11.9. The Kier molecular flexibility index (Phi) is 3.28. The van der Waals surface area contributed by atoms with Crippen LogP contribution in [0.15, 0.2) is 12.1 Å². The summed E-state index contributed by atoms with van der Waals surface area (Å²) >= 11 is 0. The van der Waals surface area contributed by atoms with E-state index in [1.54, 1.807) is 0 Å². The summed E-state index contributed by atoms with van der Waals surface area (Å²) < 4.78 is 0. The highest BCUT2D eigenvalue weighted by atomic mass is 16.2. The Morgan fingerprint density at radius 1 is 1.14 bits per heavy atom. The quantitative estimate of drug-likeness (QED) is 0.917. The summed E-state index contributed by atoms with van der Waals surface area (Å²) in [5.74, 6) is 2.14. The van der Waals surface area contributed by atoms with Gasteiger partial charge in [0.2, 0.25) is 5.91 Å². The van der Waals surface area contributed by atoms with Crippen LogP contribution in [0.3, 0.4) is 0 Å². The third-order valence-electron chi connectivity index (χ3n) is 4.71. The van der Waals surface area contributed by atoms with Gasteiger partial charge < -0.3 is 10.2 Å². The van der Waals surface area contributed by atoms with E-state index < -0.39 is 0 Å². The summed E-state index contributed by atoms with van der Waals surface area (Å²) in [7, 11) is 0. The Bertz CT molecular complexity index is 522. The van der Waals surface area contributed by atoms with Crippen molar-refractivity contribution in [1.82, 2.24) is 15.5 Å². The Morgan fingerprint density at radius 2 is 2.00 bits per heavy atom. The Hall–Kier alpha value is -1.65. The molecule has 1 saturated heterocycles. The second-order valence-corrected chi connectivity index (χ2v) is 6.66. The molecule has 2 aliphatic carbocycles. The van der Waals surface area contributed by atoms with Crippen LogP contribution in [0.4, 0.5) is 5.82 Å². The standard InChI is InChI=1S/C16H22N4O/c21-16(12-5-6-12)17-13-2-1-9-20(10-13)15-8-7-14(18-19-15)11-3-4-11/h7-8,11-13H,1-6,9-10H2,(H,17,21). The van der Waals surface area contributed by atoms with Crippen LogP contribution in [0.25, 0.3) is 0 Å². The number of nitrogens with zero attached hydrogens (tertiary/aromatic N) is 3. The topological polar surface area (TPSA) is 58.1 Å². The molecular formula is C16H22N4O. The molecule has 5 heteroatoms. The average Bonchev–Trinajstić information content (AvgIpc) is 3.41.